The Morgan fingerprint density at radius 1 is 1.22 bits per heavy atom. The Morgan fingerprint density at radius 2 is 1.91 bits per heavy atom. The van der Waals surface area contributed by atoms with E-state index in [0.29, 0.717) is 12.1 Å². The van der Waals surface area contributed by atoms with Crippen LogP contribution in [0, 0.1) is 0 Å². The number of rotatable bonds is 7. The molecule has 0 aliphatic heterocycles. The van der Waals surface area contributed by atoms with Gasteiger partial charge in [0, 0.05) is 23.0 Å². The molecule has 1 aliphatic rings. The average molecular weight is 349 g/mol. The molecular weight excluding hydrogens is 330 g/mol. The van der Waals surface area contributed by atoms with Gasteiger partial charge in [0.2, 0.25) is 10.0 Å². The van der Waals surface area contributed by atoms with E-state index in [1.807, 2.05) is 17.5 Å². The summed E-state index contributed by atoms with van der Waals surface area (Å²) in [6.45, 7) is 1.98. The molecule has 3 rings (SSSR count). The highest BCUT2D eigenvalue weighted by atomic mass is 32.2. The van der Waals surface area contributed by atoms with E-state index in [1.165, 1.54) is 23.9 Å². The Bertz CT molecular complexity index is 776. The van der Waals surface area contributed by atoms with E-state index in [0.717, 1.165) is 19.3 Å². The molecule has 4 nitrogen and oxygen atoms in total. The Hall–Kier alpha value is -1.50. The summed E-state index contributed by atoms with van der Waals surface area (Å²) in [5, 5.41) is 2.01. The fraction of sp³-hybridized carbons (Fsp3) is 0.353. The third kappa shape index (κ3) is 3.71. The van der Waals surface area contributed by atoms with Gasteiger partial charge in [-0.1, -0.05) is 18.2 Å². The van der Waals surface area contributed by atoms with Gasteiger partial charge in [-0.05, 0) is 49.8 Å². The van der Waals surface area contributed by atoms with E-state index in [1.54, 1.807) is 27.8 Å². The molecular formula is C17H19NO3S2. The second kappa shape index (κ2) is 6.55. The van der Waals surface area contributed by atoms with Gasteiger partial charge in [-0.15, -0.1) is 11.3 Å². The molecule has 1 fully saturated rings. The molecule has 1 saturated carbocycles. The lowest BCUT2D eigenvalue weighted by molar-refractivity contribution is 0.101. The van der Waals surface area contributed by atoms with E-state index in [-0.39, 0.29) is 16.7 Å². The monoisotopic (exact) mass is 349 g/mol. The van der Waals surface area contributed by atoms with Crippen LogP contribution in [0.15, 0.2) is 46.7 Å². The first-order chi connectivity index (χ1) is 11.0. The Labute approximate surface area is 140 Å². The molecule has 0 spiro atoms. The molecule has 0 bridgehead atoms. The van der Waals surface area contributed by atoms with Crippen molar-refractivity contribution in [2.45, 2.75) is 37.1 Å². The summed E-state index contributed by atoms with van der Waals surface area (Å²) in [5.74, 6) is -0.0642. The molecule has 0 unspecified atom stereocenters. The van der Waals surface area contributed by atoms with Crippen LogP contribution in [0.2, 0.25) is 0 Å². The number of hydrogen-bond donors (Lipinski definition) is 0. The number of Topliss-reactive ketones (excluding diaryl/α,β-unsaturated/α-hetero) is 1. The van der Waals surface area contributed by atoms with Crippen LogP contribution < -0.4 is 0 Å². The van der Waals surface area contributed by atoms with Crippen molar-refractivity contribution in [2.75, 3.05) is 6.54 Å². The highest BCUT2D eigenvalue weighted by Crippen LogP contribution is 2.32. The number of hydrogen-bond acceptors (Lipinski definition) is 4. The lowest BCUT2D eigenvalue weighted by Gasteiger charge is -2.21. The molecule has 0 amide bonds. The lowest BCUT2D eigenvalue weighted by atomic mass is 10.2. The van der Waals surface area contributed by atoms with Crippen LogP contribution in [0.3, 0.4) is 0 Å². The minimum atomic E-state index is -3.51. The van der Waals surface area contributed by atoms with Gasteiger partial charge in [-0.2, -0.15) is 4.31 Å². The maximum atomic E-state index is 12.9. The van der Waals surface area contributed by atoms with Crippen molar-refractivity contribution >= 4 is 27.1 Å². The van der Waals surface area contributed by atoms with Crippen LogP contribution in [-0.4, -0.2) is 31.1 Å². The molecule has 1 heterocycles. The first-order valence-corrected chi connectivity index (χ1v) is 9.95. The van der Waals surface area contributed by atoms with Crippen LogP contribution in [0.25, 0.3) is 0 Å². The number of carbonyl (C=O) groups is 1. The standard InChI is InChI=1S/C17H19NO3S2/c1-13(19)14-4-8-17(9-5-14)23(20,21)18(15-6-7-15)11-10-16-3-2-12-22-16/h2-5,8-9,12,15H,6-7,10-11H2,1H3. The summed E-state index contributed by atoms with van der Waals surface area (Å²) < 4.78 is 27.4. The highest BCUT2D eigenvalue weighted by molar-refractivity contribution is 7.89. The Kier molecular flexibility index (Phi) is 4.66. The maximum absolute atomic E-state index is 12.9. The van der Waals surface area contributed by atoms with Crippen molar-refractivity contribution in [1.82, 2.24) is 4.31 Å². The van der Waals surface area contributed by atoms with Gasteiger partial charge in [0.05, 0.1) is 4.90 Å². The predicted molar refractivity (Wildman–Crippen MR) is 91.4 cm³/mol. The van der Waals surface area contributed by atoms with Crippen molar-refractivity contribution in [3.63, 3.8) is 0 Å². The highest BCUT2D eigenvalue weighted by Gasteiger charge is 2.37. The van der Waals surface area contributed by atoms with Crippen LogP contribution in [0.5, 0.6) is 0 Å². The number of thiophene rings is 1. The average Bonchev–Trinajstić information content (AvgIpc) is 3.22. The topological polar surface area (TPSA) is 54.5 Å². The normalized spacial score (nSPS) is 15.0. The second-order valence-corrected chi connectivity index (χ2v) is 8.68. The quantitative estimate of drug-likeness (QED) is 0.720. The summed E-state index contributed by atoms with van der Waals surface area (Å²) in [6, 6.07) is 10.4. The molecule has 1 aromatic heterocycles. The fourth-order valence-corrected chi connectivity index (χ4v) is 4.92. The zero-order valence-corrected chi connectivity index (χ0v) is 14.6. The molecule has 1 aliphatic carbocycles. The summed E-state index contributed by atoms with van der Waals surface area (Å²) in [7, 11) is -3.51. The van der Waals surface area contributed by atoms with Crippen LogP contribution >= 0.6 is 11.3 Å². The minimum absolute atomic E-state index is 0.0642. The summed E-state index contributed by atoms with van der Waals surface area (Å²) >= 11 is 1.65. The molecule has 23 heavy (non-hydrogen) atoms. The molecule has 0 atom stereocenters. The van der Waals surface area contributed by atoms with Gasteiger partial charge in [0.25, 0.3) is 0 Å². The molecule has 0 N–H and O–H groups in total. The van der Waals surface area contributed by atoms with E-state index in [4.69, 9.17) is 0 Å². The van der Waals surface area contributed by atoms with Gasteiger partial charge in [-0.25, -0.2) is 8.42 Å². The van der Waals surface area contributed by atoms with E-state index >= 15 is 0 Å². The van der Waals surface area contributed by atoms with Crippen LogP contribution in [-0.2, 0) is 16.4 Å². The smallest absolute Gasteiger partial charge is 0.243 e. The van der Waals surface area contributed by atoms with Crippen LogP contribution in [0.1, 0.15) is 35.0 Å². The molecule has 1 aromatic carbocycles. The summed E-state index contributed by atoms with van der Waals surface area (Å²) in [4.78, 5) is 12.8. The van der Waals surface area contributed by atoms with E-state index < -0.39 is 10.0 Å². The number of sulfonamides is 1. The zero-order valence-electron chi connectivity index (χ0n) is 12.9. The Balaban J connectivity index is 1.80. The van der Waals surface area contributed by atoms with E-state index in [9.17, 15) is 13.2 Å². The summed E-state index contributed by atoms with van der Waals surface area (Å²) in [5.41, 5.74) is 0.528. The molecule has 0 radical (unpaired) electrons. The predicted octanol–water partition coefficient (Wildman–Crippen LogP) is 3.35. The molecule has 6 heteroatoms. The van der Waals surface area contributed by atoms with E-state index in [2.05, 4.69) is 0 Å². The van der Waals surface area contributed by atoms with Gasteiger partial charge in [0.1, 0.15) is 0 Å². The largest absolute Gasteiger partial charge is 0.295 e. The third-order valence-corrected chi connectivity index (χ3v) is 6.88. The number of benzene rings is 1. The van der Waals surface area contributed by atoms with Crippen molar-refractivity contribution in [1.29, 1.82) is 0 Å². The lowest BCUT2D eigenvalue weighted by Crippen LogP contribution is -2.34. The summed E-state index contributed by atoms with van der Waals surface area (Å²) in [6.07, 6.45) is 2.59. The Morgan fingerprint density at radius 3 is 2.43 bits per heavy atom. The molecule has 122 valence electrons. The van der Waals surface area contributed by atoms with Gasteiger partial charge < -0.3 is 0 Å². The number of nitrogens with zero attached hydrogens (tertiary/aromatic N) is 1. The molecule has 2 aromatic rings. The first-order valence-electron chi connectivity index (χ1n) is 7.64. The van der Waals surface area contributed by atoms with Crippen molar-refractivity contribution in [3.05, 3.63) is 52.2 Å². The SMILES string of the molecule is CC(=O)c1ccc(S(=O)(=O)N(CCc2cccs2)C2CC2)cc1. The molecule has 0 saturated heterocycles. The van der Waals surface area contributed by atoms with Crippen molar-refractivity contribution < 1.29 is 13.2 Å². The first kappa shape index (κ1) is 16.4. The van der Waals surface area contributed by atoms with Gasteiger partial charge in [-0.3, -0.25) is 4.79 Å². The number of carbonyl (C=O) groups excluding carboxylic acids is 1. The zero-order chi connectivity index (χ0) is 16.4. The number of ketones is 1. The van der Waals surface area contributed by atoms with Gasteiger partial charge in [0.15, 0.2) is 5.78 Å². The fourth-order valence-electron chi connectivity index (χ4n) is 2.53. The second-order valence-electron chi connectivity index (χ2n) is 5.76. The van der Waals surface area contributed by atoms with Crippen LogP contribution in [0.4, 0.5) is 0 Å². The maximum Gasteiger partial charge on any atom is 0.243 e. The van der Waals surface area contributed by atoms with Gasteiger partial charge >= 0.3 is 0 Å². The third-order valence-electron chi connectivity index (χ3n) is 3.98. The minimum Gasteiger partial charge on any atom is -0.295 e. The van der Waals surface area contributed by atoms with Crippen molar-refractivity contribution in [3.8, 4) is 0 Å². The van der Waals surface area contributed by atoms with Crippen molar-refractivity contribution in [2.24, 2.45) is 0 Å².